The van der Waals surface area contributed by atoms with Crippen LogP contribution < -0.4 is 0 Å². The summed E-state index contributed by atoms with van der Waals surface area (Å²) in [7, 11) is 0. The Morgan fingerprint density at radius 3 is 2.93 bits per heavy atom. The Morgan fingerprint density at radius 1 is 1.40 bits per heavy atom. The maximum absolute atomic E-state index is 2.61. The number of aryl methyl sites for hydroxylation is 1. The molecule has 1 nitrogen and oxygen atoms in total. The molecule has 0 spiro atoms. The van der Waals surface area contributed by atoms with E-state index in [1.165, 1.54) is 43.5 Å². The van der Waals surface area contributed by atoms with Gasteiger partial charge in [0.05, 0.1) is 0 Å². The van der Waals surface area contributed by atoms with E-state index in [0.29, 0.717) is 0 Å². The molecule has 0 N–H and O–H groups in total. The molecule has 0 saturated carbocycles. The fraction of sp³-hybridized carbons (Fsp3) is 0.571. The summed E-state index contributed by atoms with van der Waals surface area (Å²) in [6.45, 7) is 7.04. The van der Waals surface area contributed by atoms with Crippen molar-refractivity contribution in [1.29, 1.82) is 0 Å². The molecule has 0 bridgehead atoms. The number of hydrogen-bond acceptors (Lipinski definition) is 1. The molecule has 1 saturated heterocycles. The van der Waals surface area contributed by atoms with E-state index in [9.17, 15) is 0 Å². The lowest BCUT2D eigenvalue weighted by Gasteiger charge is -2.20. The SMILES string of the molecule is Cc1cccc(CCN2CCC[C@@H]2C)c1. The lowest BCUT2D eigenvalue weighted by atomic mass is 10.1. The highest BCUT2D eigenvalue weighted by Gasteiger charge is 2.19. The van der Waals surface area contributed by atoms with Gasteiger partial charge >= 0.3 is 0 Å². The molecule has 1 heteroatoms. The predicted molar refractivity (Wildman–Crippen MR) is 65.2 cm³/mol. The number of rotatable bonds is 3. The summed E-state index contributed by atoms with van der Waals surface area (Å²) in [5, 5.41) is 0. The van der Waals surface area contributed by atoms with E-state index in [1.807, 2.05) is 0 Å². The first kappa shape index (κ1) is 10.7. The van der Waals surface area contributed by atoms with Gasteiger partial charge < -0.3 is 4.90 Å². The van der Waals surface area contributed by atoms with E-state index < -0.39 is 0 Å². The van der Waals surface area contributed by atoms with Gasteiger partial charge in [-0.3, -0.25) is 0 Å². The lowest BCUT2D eigenvalue weighted by molar-refractivity contribution is 0.272. The highest BCUT2D eigenvalue weighted by Crippen LogP contribution is 2.16. The summed E-state index contributed by atoms with van der Waals surface area (Å²) in [5.41, 5.74) is 2.86. The first-order valence-electron chi connectivity index (χ1n) is 6.05. The van der Waals surface area contributed by atoms with Gasteiger partial charge in [-0.25, -0.2) is 0 Å². The number of benzene rings is 1. The van der Waals surface area contributed by atoms with Crippen molar-refractivity contribution >= 4 is 0 Å². The Hall–Kier alpha value is -0.820. The molecule has 82 valence electrons. The molecule has 0 radical (unpaired) electrons. The Kier molecular flexibility index (Phi) is 3.42. The highest BCUT2D eigenvalue weighted by molar-refractivity contribution is 5.22. The van der Waals surface area contributed by atoms with Crippen LogP contribution in [0.4, 0.5) is 0 Å². The topological polar surface area (TPSA) is 3.24 Å². The number of likely N-dealkylation sites (tertiary alicyclic amines) is 1. The minimum atomic E-state index is 0.801. The molecule has 1 fully saturated rings. The van der Waals surface area contributed by atoms with Gasteiger partial charge in [0.1, 0.15) is 0 Å². The van der Waals surface area contributed by atoms with E-state index in [1.54, 1.807) is 0 Å². The van der Waals surface area contributed by atoms with Gasteiger partial charge in [0.15, 0.2) is 0 Å². The summed E-state index contributed by atoms with van der Waals surface area (Å²) in [6, 6.07) is 9.68. The first-order valence-corrected chi connectivity index (χ1v) is 6.05. The van der Waals surface area contributed by atoms with Crippen LogP contribution in [0.2, 0.25) is 0 Å². The highest BCUT2D eigenvalue weighted by atomic mass is 15.2. The molecule has 0 aliphatic carbocycles. The lowest BCUT2D eigenvalue weighted by Crippen LogP contribution is -2.28. The van der Waals surface area contributed by atoms with E-state index >= 15 is 0 Å². The predicted octanol–water partition coefficient (Wildman–Crippen LogP) is 3.02. The summed E-state index contributed by atoms with van der Waals surface area (Å²) >= 11 is 0. The zero-order chi connectivity index (χ0) is 10.7. The van der Waals surface area contributed by atoms with Crippen LogP contribution in [0.5, 0.6) is 0 Å². The summed E-state index contributed by atoms with van der Waals surface area (Å²) in [5.74, 6) is 0. The van der Waals surface area contributed by atoms with Crippen LogP contribution in [0.1, 0.15) is 30.9 Å². The quantitative estimate of drug-likeness (QED) is 0.730. The van der Waals surface area contributed by atoms with Crippen LogP contribution in [0.3, 0.4) is 0 Å². The second kappa shape index (κ2) is 4.80. The summed E-state index contributed by atoms with van der Waals surface area (Å²) < 4.78 is 0. The van der Waals surface area contributed by atoms with Gasteiger partial charge in [0, 0.05) is 12.6 Å². The Labute approximate surface area is 93.1 Å². The van der Waals surface area contributed by atoms with Crippen molar-refractivity contribution in [3.8, 4) is 0 Å². The van der Waals surface area contributed by atoms with Gasteiger partial charge in [-0.05, 0) is 45.2 Å². The fourth-order valence-electron chi connectivity index (χ4n) is 2.47. The molecule has 1 atom stereocenters. The normalized spacial score (nSPS) is 22.1. The van der Waals surface area contributed by atoms with E-state index in [0.717, 1.165) is 6.04 Å². The summed E-state index contributed by atoms with van der Waals surface area (Å²) in [4.78, 5) is 2.61. The first-order chi connectivity index (χ1) is 7.25. The smallest absolute Gasteiger partial charge is 0.00675 e. The van der Waals surface area contributed by atoms with Crippen LogP contribution in [0, 0.1) is 6.92 Å². The van der Waals surface area contributed by atoms with Crippen LogP contribution in [0.15, 0.2) is 24.3 Å². The molecule has 15 heavy (non-hydrogen) atoms. The molecular formula is C14H21N. The Bertz CT molecular complexity index is 319. The van der Waals surface area contributed by atoms with E-state index in [-0.39, 0.29) is 0 Å². The third kappa shape index (κ3) is 2.82. The van der Waals surface area contributed by atoms with Crippen molar-refractivity contribution in [2.24, 2.45) is 0 Å². The maximum Gasteiger partial charge on any atom is 0.00675 e. The molecule has 1 heterocycles. The van der Waals surface area contributed by atoms with Crippen molar-refractivity contribution in [1.82, 2.24) is 4.90 Å². The van der Waals surface area contributed by atoms with Gasteiger partial charge in [-0.2, -0.15) is 0 Å². The van der Waals surface area contributed by atoms with E-state index in [2.05, 4.69) is 43.0 Å². The minimum Gasteiger partial charge on any atom is -0.300 e. The van der Waals surface area contributed by atoms with Gasteiger partial charge in [-0.15, -0.1) is 0 Å². The van der Waals surface area contributed by atoms with Crippen molar-refractivity contribution in [2.75, 3.05) is 13.1 Å². The van der Waals surface area contributed by atoms with Crippen LogP contribution in [-0.2, 0) is 6.42 Å². The second-order valence-electron chi connectivity index (χ2n) is 4.77. The molecule has 1 aromatic rings. The van der Waals surface area contributed by atoms with Crippen LogP contribution in [-0.4, -0.2) is 24.0 Å². The van der Waals surface area contributed by atoms with E-state index in [4.69, 9.17) is 0 Å². The molecular weight excluding hydrogens is 182 g/mol. The molecule has 1 aliphatic heterocycles. The van der Waals surface area contributed by atoms with Crippen LogP contribution in [0.25, 0.3) is 0 Å². The Balaban J connectivity index is 1.87. The second-order valence-corrected chi connectivity index (χ2v) is 4.77. The summed E-state index contributed by atoms with van der Waals surface area (Å²) in [6.07, 6.45) is 3.97. The third-order valence-electron chi connectivity index (χ3n) is 3.46. The molecule has 0 amide bonds. The number of hydrogen-bond donors (Lipinski definition) is 0. The molecule has 1 aromatic carbocycles. The van der Waals surface area contributed by atoms with Crippen molar-refractivity contribution < 1.29 is 0 Å². The molecule has 2 rings (SSSR count). The van der Waals surface area contributed by atoms with Gasteiger partial charge in [0.2, 0.25) is 0 Å². The molecule has 1 aliphatic rings. The maximum atomic E-state index is 2.61. The Morgan fingerprint density at radius 2 is 2.27 bits per heavy atom. The van der Waals surface area contributed by atoms with Crippen LogP contribution >= 0.6 is 0 Å². The average molecular weight is 203 g/mol. The van der Waals surface area contributed by atoms with Crippen molar-refractivity contribution in [3.63, 3.8) is 0 Å². The van der Waals surface area contributed by atoms with Crippen molar-refractivity contribution in [3.05, 3.63) is 35.4 Å². The van der Waals surface area contributed by atoms with Gasteiger partial charge in [-0.1, -0.05) is 29.8 Å². The zero-order valence-electron chi connectivity index (χ0n) is 9.87. The third-order valence-corrected chi connectivity index (χ3v) is 3.46. The standard InChI is InChI=1S/C14H21N/c1-12-5-3-7-14(11-12)8-10-15-9-4-6-13(15)2/h3,5,7,11,13H,4,6,8-10H2,1-2H3/t13-/m0/s1. The largest absolute Gasteiger partial charge is 0.300 e. The monoisotopic (exact) mass is 203 g/mol. The molecule has 0 aromatic heterocycles. The zero-order valence-corrected chi connectivity index (χ0v) is 9.87. The number of nitrogens with zero attached hydrogens (tertiary/aromatic N) is 1. The van der Waals surface area contributed by atoms with Crippen molar-refractivity contribution in [2.45, 2.75) is 39.2 Å². The van der Waals surface area contributed by atoms with Gasteiger partial charge in [0.25, 0.3) is 0 Å². The minimum absolute atomic E-state index is 0.801. The molecule has 0 unspecified atom stereocenters. The average Bonchev–Trinajstić information content (AvgIpc) is 2.61. The fourth-order valence-corrected chi connectivity index (χ4v) is 2.47.